The highest BCUT2D eigenvalue weighted by Gasteiger charge is 2.08. The Hall–Kier alpha value is -1.82. The van der Waals surface area contributed by atoms with Crippen molar-refractivity contribution in [1.82, 2.24) is 10.1 Å². The highest BCUT2D eigenvalue weighted by atomic mass is 32.2. The molecule has 0 atom stereocenters. The zero-order valence-electron chi connectivity index (χ0n) is 10.1. The quantitative estimate of drug-likeness (QED) is 0.858. The van der Waals surface area contributed by atoms with Crippen LogP contribution in [0.1, 0.15) is 11.4 Å². The first-order chi connectivity index (χ1) is 8.63. The van der Waals surface area contributed by atoms with Crippen LogP contribution in [0.15, 0.2) is 33.7 Å². The van der Waals surface area contributed by atoms with Crippen LogP contribution in [0, 0.1) is 13.8 Å². The first-order valence-electron chi connectivity index (χ1n) is 5.43. The van der Waals surface area contributed by atoms with Crippen LogP contribution in [-0.2, 0) is 4.79 Å². The Morgan fingerprint density at radius 2 is 2.06 bits per heavy atom. The van der Waals surface area contributed by atoms with Crippen LogP contribution in [0.5, 0.6) is 0 Å². The van der Waals surface area contributed by atoms with Crippen LogP contribution in [-0.4, -0.2) is 21.8 Å². The SMILES string of the molecule is Cc1ccc(SCC(=O)Nc2nc(C)no2)cc1. The maximum absolute atomic E-state index is 11.6. The Balaban J connectivity index is 1.83. The molecule has 0 fully saturated rings. The number of nitrogens with one attached hydrogen (secondary N) is 1. The van der Waals surface area contributed by atoms with Crippen molar-refractivity contribution in [2.45, 2.75) is 18.7 Å². The largest absolute Gasteiger partial charge is 0.328 e. The average molecular weight is 263 g/mol. The minimum Gasteiger partial charge on any atom is -0.315 e. The monoisotopic (exact) mass is 263 g/mol. The molecule has 2 aromatic rings. The summed E-state index contributed by atoms with van der Waals surface area (Å²) >= 11 is 1.46. The Labute approximate surface area is 109 Å². The highest BCUT2D eigenvalue weighted by Crippen LogP contribution is 2.18. The molecule has 2 rings (SSSR count). The van der Waals surface area contributed by atoms with Crippen molar-refractivity contribution in [1.29, 1.82) is 0 Å². The maximum Gasteiger partial charge on any atom is 0.328 e. The molecular weight excluding hydrogens is 250 g/mol. The number of rotatable bonds is 4. The van der Waals surface area contributed by atoms with Gasteiger partial charge in [-0.2, -0.15) is 4.98 Å². The summed E-state index contributed by atoms with van der Waals surface area (Å²) in [4.78, 5) is 16.6. The number of aryl methyl sites for hydroxylation is 2. The Bertz CT molecular complexity index is 537. The number of carbonyl (C=O) groups excluding carboxylic acids is 1. The summed E-state index contributed by atoms with van der Waals surface area (Å²) < 4.78 is 4.80. The van der Waals surface area contributed by atoms with Gasteiger partial charge >= 0.3 is 6.01 Å². The van der Waals surface area contributed by atoms with E-state index in [4.69, 9.17) is 4.52 Å². The fourth-order valence-electron chi connectivity index (χ4n) is 1.29. The van der Waals surface area contributed by atoms with E-state index in [1.807, 2.05) is 31.2 Å². The Morgan fingerprint density at radius 1 is 1.33 bits per heavy atom. The number of amides is 1. The molecule has 0 aliphatic heterocycles. The van der Waals surface area contributed by atoms with Gasteiger partial charge < -0.3 is 4.52 Å². The second-order valence-corrected chi connectivity index (χ2v) is 4.85. The third kappa shape index (κ3) is 3.59. The molecule has 1 N–H and O–H groups in total. The third-order valence-corrected chi connectivity index (χ3v) is 3.18. The van der Waals surface area contributed by atoms with E-state index in [9.17, 15) is 4.79 Å². The van der Waals surface area contributed by atoms with Crippen molar-refractivity contribution < 1.29 is 9.32 Å². The molecule has 0 unspecified atom stereocenters. The molecule has 0 saturated heterocycles. The summed E-state index contributed by atoms with van der Waals surface area (Å²) in [5.74, 6) is 0.644. The van der Waals surface area contributed by atoms with Crippen LogP contribution in [0.4, 0.5) is 6.01 Å². The van der Waals surface area contributed by atoms with Gasteiger partial charge in [-0.15, -0.1) is 11.8 Å². The average Bonchev–Trinajstić information content (AvgIpc) is 2.74. The lowest BCUT2D eigenvalue weighted by Gasteiger charge is -2.01. The molecule has 0 radical (unpaired) electrons. The van der Waals surface area contributed by atoms with Crippen molar-refractivity contribution in [3.05, 3.63) is 35.7 Å². The maximum atomic E-state index is 11.6. The summed E-state index contributed by atoms with van der Waals surface area (Å²) in [6.45, 7) is 3.72. The fourth-order valence-corrected chi connectivity index (χ4v) is 1.99. The van der Waals surface area contributed by atoms with Gasteiger partial charge in [-0.25, -0.2) is 0 Å². The van der Waals surface area contributed by atoms with Crippen molar-refractivity contribution in [2.24, 2.45) is 0 Å². The highest BCUT2D eigenvalue weighted by molar-refractivity contribution is 8.00. The van der Waals surface area contributed by atoms with Crippen LogP contribution in [0.2, 0.25) is 0 Å². The first kappa shape index (κ1) is 12.6. The number of hydrogen-bond acceptors (Lipinski definition) is 5. The molecular formula is C12H13N3O2S. The van der Waals surface area contributed by atoms with Gasteiger partial charge in [0.05, 0.1) is 5.75 Å². The van der Waals surface area contributed by atoms with E-state index in [1.54, 1.807) is 6.92 Å². The zero-order valence-corrected chi connectivity index (χ0v) is 11.0. The van der Waals surface area contributed by atoms with Gasteiger partial charge in [-0.3, -0.25) is 10.1 Å². The summed E-state index contributed by atoms with van der Waals surface area (Å²) in [5, 5.41) is 6.13. The first-order valence-corrected chi connectivity index (χ1v) is 6.41. The molecule has 0 aliphatic rings. The van der Waals surface area contributed by atoms with E-state index in [2.05, 4.69) is 15.5 Å². The zero-order chi connectivity index (χ0) is 13.0. The minimum absolute atomic E-state index is 0.141. The second kappa shape index (κ2) is 5.68. The van der Waals surface area contributed by atoms with Crippen molar-refractivity contribution in [3.8, 4) is 0 Å². The molecule has 18 heavy (non-hydrogen) atoms. The summed E-state index contributed by atoms with van der Waals surface area (Å²) in [7, 11) is 0. The van der Waals surface area contributed by atoms with E-state index in [0.29, 0.717) is 11.6 Å². The van der Waals surface area contributed by atoms with Gasteiger partial charge in [0.15, 0.2) is 5.82 Å². The second-order valence-electron chi connectivity index (χ2n) is 3.80. The minimum atomic E-state index is -0.163. The smallest absolute Gasteiger partial charge is 0.315 e. The van der Waals surface area contributed by atoms with Gasteiger partial charge in [0.2, 0.25) is 5.91 Å². The molecule has 1 heterocycles. The lowest BCUT2D eigenvalue weighted by molar-refractivity contribution is -0.114. The number of hydrogen-bond donors (Lipinski definition) is 1. The van der Waals surface area contributed by atoms with Gasteiger partial charge in [0.1, 0.15) is 0 Å². The van der Waals surface area contributed by atoms with Gasteiger partial charge in [-0.05, 0) is 26.0 Å². The Morgan fingerprint density at radius 3 is 2.67 bits per heavy atom. The molecule has 1 aromatic carbocycles. The fraction of sp³-hybridized carbons (Fsp3) is 0.250. The van der Waals surface area contributed by atoms with Crippen LogP contribution in [0.25, 0.3) is 0 Å². The number of thioether (sulfide) groups is 1. The number of anilines is 1. The van der Waals surface area contributed by atoms with Gasteiger partial charge in [0, 0.05) is 4.90 Å². The molecule has 1 amide bonds. The topological polar surface area (TPSA) is 68.0 Å². The molecule has 0 spiro atoms. The number of nitrogens with zero attached hydrogens (tertiary/aromatic N) is 2. The molecule has 0 bridgehead atoms. The normalized spacial score (nSPS) is 10.3. The summed E-state index contributed by atoms with van der Waals surface area (Å²) in [5.41, 5.74) is 1.20. The third-order valence-electron chi connectivity index (χ3n) is 2.16. The molecule has 6 heteroatoms. The van der Waals surface area contributed by atoms with Gasteiger partial charge in [-0.1, -0.05) is 22.9 Å². The van der Waals surface area contributed by atoms with Crippen LogP contribution in [0.3, 0.4) is 0 Å². The van der Waals surface area contributed by atoms with Crippen molar-refractivity contribution in [2.75, 3.05) is 11.1 Å². The predicted octanol–water partition coefficient (Wildman–Crippen LogP) is 2.42. The number of aromatic nitrogens is 2. The molecule has 94 valence electrons. The van der Waals surface area contributed by atoms with E-state index < -0.39 is 0 Å². The predicted molar refractivity (Wildman–Crippen MR) is 69.6 cm³/mol. The van der Waals surface area contributed by atoms with Crippen molar-refractivity contribution in [3.63, 3.8) is 0 Å². The van der Waals surface area contributed by atoms with Crippen LogP contribution >= 0.6 is 11.8 Å². The lowest BCUT2D eigenvalue weighted by Crippen LogP contribution is -2.14. The summed E-state index contributed by atoms with van der Waals surface area (Å²) in [6, 6.07) is 8.15. The van der Waals surface area contributed by atoms with E-state index >= 15 is 0 Å². The standard InChI is InChI=1S/C12H13N3O2S/c1-8-3-5-10(6-4-8)18-7-11(16)14-12-13-9(2)15-17-12/h3-6H,7H2,1-2H3,(H,13,14,15,16). The molecule has 0 aliphatic carbocycles. The van der Waals surface area contributed by atoms with Crippen LogP contribution < -0.4 is 5.32 Å². The molecule has 1 aromatic heterocycles. The lowest BCUT2D eigenvalue weighted by atomic mass is 10.2. The number of benzene rings is 1. The summed E-state index contributed by atoms with van der Waals surface area (Å²) in [6.07, 6.45) is 0. The van der Waals surface area contributed by atoms with E-state index in [0.717, 1.165) is 4.90 Å². The van der Waals surface area contributed by atoms with Crippen molar-refractivity contribution >= 4 is 23.7 Å². The van der Waals surface area contributed by atoms with E-state index in [-0.39, 0.29) is 11.9 Å². The van der Waals surface area contributed by atoms with Gasteiger partial charge in [0.25, 0.3) is 0 Å². The van der Waals surface area contributed by atoms with E-state index in [1.165, 1.54) is 17.3 Å². The Kier molecular flexibility index (Phi) is 3.99. The molecule has 5 nitrogen and oxygen atoms in total. The number of carbonyl (C=O) groups is 1. The molecule has 0 saturated carbocycles.